The Morgan fingerprint density at radius 2 is 2.12 bits per heavy atom. The molecule has 1 saturated carbocycles. The molecule has 0 bridgehead atoms. The summed E-state index contributed by atoms with van der Waals surface area (Å²) in [5.41, 5.74) is 0.942. The summed E-state index contributed by atoms with van der Waals surface area (Å²) in [5, 5.41) is 5.76. The highest BCUT2D eigenvalue weighted by Crippen LogP contribution is 2.31. The fourth-order valence-corrected chi connectivity index (χ4v) is 4.28. The lowest BCUT2D eigenvalue weighted by atomic mass is 9.86. The summed E-state index contributed by atoms with van der Waals surface area (Å²) in [6.07, 6.45) is 4.86. The van der Waals surface area contributed by atoms with Crippen molar-refractivity contribution in [3.63, 3.8) is 0 Å². The number of amides is 2. The van der Waals surface area contributed by atoms with Gasteiger partial charge in [-0.1, -0.05) is 19.8 Å². The van der Waals surface area contributed by atoms with Crippen molar-refractivity contribution < 1.29 is 19.1 Å². The Bertz CT molecular complexity index is 707. The SMILES string of the molecule is C[C@@H]1CCCC[C@H]1NC(=O)COC(=O)c1ccc2c(c1)NC(=O)CCS2. The quantitative estimate of drug-likeness (QED) is 0.789. The van der Waals surface area contributed by atoms with E-state index in [4.69, 9.17) is 4.74 Å². The third-order valence-electron chi connectivity index (χ3n) is 4.87. The number of benzene rings is 1. The smallest absolute Gasteiger partial charge is 0.338 e. The summed E-state index contributed by atoms with van der Waals surface area (Å²) in [6, 6.07) is 5.22. The molecule has 6 nitrogen and oxygen atoms in total. The number of hydrogen-bond donors (Lipinski definition) is 2. The third kappa shape index (κ3) is 4.78. The Balaban J connectivity index is 1.55. The first-order chi connectivity index (χ1) is 12.5. The van der Waals surface area contributed by atoms with Gasteiger partial charge in [0.2, 0.25) is 5.91 Å². The monoisotopic (exact) mass is 376 g/mol. The zero-order valence-electron chi connectivity index (χ0n) is 14.9. The third-order valence-corrected chi connectivity index (χ3v) is 5.94. The predicted molar refractivity (Wildman–Crippen MR) is 100 cm³/mol. The average Bonchev–Trinajstić information content (AvgIpc) is 2.81. The normalized spacial score (nSPS) is 22.6. The van der Waals surface area contributed by atoms with Crippen molar-refractivity contribution in [1.29, 1.82) is 0 Å². The minimum atomic E-state index is -0.567. The second kappa shape index (κ2) is 8.58. The number of nitrogens with one attached hydrogen (secondary N) is 2. The summed E-state index contributed by atoms with van der Waals surface area (Å²) in [6.45, 7) is 1.85. The Labute approximate surface area is 157 Å². The molecule has 1 aromatic carbocycles. The van der Waals surface area contributed by atoms with E-state index in [0.29, 0.717) is 29.3 Å². The zero-order valence-corrected chi connectivity index (χ0v) is 15.7. The van der Waals surface area contributed by atoms with E-state index in [9.17, 15) is 14.4 Å². The van der Waals surface area contributed by atoms with Crippen LogP contribution < -0.4 is 10.6 Å². The molecule has 1 fully saturated rings. The molecule has 2 atom stereocenters. The van der Waals surface area contributed by atoms with Crippen LogP contribution in [0.25, 0.3) is 0 Å². The number of hydrogen-bond acceptors (Lipinski definition) is 5. The molecule has 26 heavy (non-hydrogen) atoms. The van der Waals surface area contributed by atoms with Crippen LogP contribution in [-0.2, 0) is 14.3 Å². The van der Waals surface area contributed by atoms with Gasteiger partial charge in [0.1, 0.15) is 0 Å². The maximum atomic E-state index is 12.2. The van der Waals surface area contributed by atoms with Gasteiger partial charge in [-0.15, -0.1) is 11.8 Å². The molecule has 3 rings (SSSR count). The molecule has 0 saturated heterocycles. The fourth-order valence-electron chi connectivity index (χ4n) is 3.34. The number of esters is 1. The van der Waals surface area contributed by atoms with Crippen molar-refractivity contribution in [1.82, 2.24) is 5.32 Å². The van der Waals surface area contributed by atoms with Crippen LogP contribution in [0.1, 0.15) is 49.4 Å². The van der Waals surface area contributed by atoms with Crippen molar-refractivity contribution >= 4 is 35.2 Å². The Morgan fingerprint density at radius 1 is 1.31 bits per heavy atom. The standard InChI is InChI=1S/C19H24N2O4S/c1-12-4-2-3-5-14(12)20-18(23)11-25-19(24)13-6-7-16-15(10-13)21-17(22)8-9-26-16/h6-7,10,12,14H,2-5,8-9,11H2,1H3,(H,20,23)(H,21,22)/t12-,14-/m1/s1. The van der Waals surface area contributed by atoms with Crippen molar-refractivity contribution in [3.05, 3.63) is 23.8 Å². The maximum absolute atomic E-state index is 12.2. The molecular formula is C19H24N2O4S. The van der Waals surface area contributed by atoms with Crippen molar-refractivity contribution in [2.24, 2.45) is 5.92 Å². The lowest BCUT2D eigenvalue weighted by Gasteiger charge is -2.29. The number of carbonyl (C=O) groups is 3. The molecule has 2 aliphatic rings. The summed E-state index contributed by atoms with van der Waals surface area (Å²) >= 11 is 1.57. The van der Waals surface area contributed by atoms with Crippen molar-refractivity contribution in [3.8, 4) is 0 Å². The van der Waals surface area contributed by atoms with Crippen LogP contribution in [0, 0.1) is 5.92 Å². The number of fused-ring (bicyclic) bond motifs is 1. The van der Waals surface area contributed by atoms with Gasteiger partial charge in [-0.05, 0) is 37.0 Å². The van der Waals surface area contributed by atoms with Crippen LogP contribution in [0.2, 0.25) is 0 Å². The van der Waals surface area contributed by atoms with Crippen LogP contribution in [-0.4, -0.2) is 36.2 Å². The number of ether oxygens (including phenoxy) is 1. The number of rotatable bonds is 4. The van der Waals surface area contributed by atoms with Crippen LogP contribution >= 0.6 is 11.8 Å². The van der Waals surface area contributed by atoms with Crippen LogP contribution in [0.15, 0.2) is 23.1 Å². The average molecular weight is 376 g/mol. The molecule has 1 heterocycles. The van der Waals surface area contributed by atoms with Crippen molar-refractivity contribution in [2.75, 3.05) is 17.7 Å². The second-order valence-electron chi connectivity index (χ2n) is 6.87. The largest absolute Gasteiger partial charge is 0.452 e. The van der Waals surface area contributed by atoms with Gasteiger partial charge in [0.05, 0.1) is 11.3 Å². The van der Waals surface area contributed by atoms with Crippen molar-refractivity contribution in [2.45, 2.75) is 50.0 Å². The van der Waals surface area contributed by atoms with Gasteiger partial charge >= 0.3 is 5.97 Å². The Morgan fingerprint density at radius 3 is 2.92 bits per heavy atom. The molecule has 1 aliphatic heterocycles. The van der Waals surface area contributed by atoms with Gasteiger partial charge in [-0.25, -0.2) is 4.79 Å². The molecule has 1 aromatic rings. The summed E-state index contributed by atoms with van der Waals surface area (Å²) < 4.78 is 5.15. The second-order valence-corrected chi connectivity index (χ2v) is 8.01. The van der Waals surface area contributed by atoms with E-state index < -0.39 is 5.97 Å². The first-order valence-electron chi connectivity index (χ1n) is 9.06. The number of anilines is 1. The van der Waals surface area contributed by atoms with E-state index in [2.05, 4.69) is 17.6 Å². The molecule has 140 valence electrons. The van der Waals surface area contributed by atoms with Gasteiger partial charge in [-0.3, -0.25) is 9.59 Å². The zero-order chi connectivity index (χ0) is 18.5. The summed E-state index contributed by atoms with van der Waals surface area (Å²) in [7, 11) is 0. The molecule has 0 aromatic heterocycles. The molecule has 1 aliphatic carbocycles. The summed E-state index contributed by atoms with van der Waals surface area (Å²) in [4.78, 5) is 36.9. The molecule has 0 spiro atoms. The highest BCUT2D eigenvalue weighted by atomic mass is 32.2. The van der Waals surface area contributed by atoms with E-state index in [1.807, 2.05) is 0 Å². The molecule has 0 unspecified atom stereocenters. The number of thioether (sulfide) groups is 1. The van der Waals surface area contributed by atoms with Gasteiger partial charge < -0.3 is 15.4 Å². The topological polar surface area (TPSA) is 84.5 Å². The molecule has 2 amide bonds. The van der Waals surface area contributed by atoms with Gasteiger partial charge in [0.15, 0.2) is 6.61 Å². The first-order valence-corrected chi connectivity index (χ1v) is 10.0. The van der Waals surface area contributed by atoms with Crippen LogP contribution in [0.3, 0.4) is 0 Å². The lowest BCUT2D eigenvalue weighted by Crippen LogP contribution is -2.42. The van der Waals surface area contributed by atoms with E-state index in [0.717, 1.165) is 24.2 Å². The lowest BCUT2D eigenvalue weighted by molar-refractivity contribution is -0.125. The highest BCUT2D eigenvalue weighted by molar-refractivity contribution is 7.99. The van der Waals surface area contributed by atoms with Gasteiger partial charge in [-0.2, -0.15) is 0 Å². The Kier molecular flexibility index (Phi) is 6.19. The predicted octanol–water partition coefficient (Wildman–Crippen LogP) is 2.97. The van der Waals surface area contributed by atoms with E-state index in [1.165, 1.54) is 6.42 Å². The number of carbonyl (C=O) groups excluding carboxylic acids is 3. The maximum Gasteiger partial charge on any atom is 0.338 e. The van der Waals surface area contributed by atoms with E-state index in [-0.39, 0.29) is 24.5 Å². The molecule has 7 heteroatoms. The van der Waals surface area contributed by atoms with E-state index >= 15 is 0 Å². The van der Waals surface area contributed by atoms with Crippen LogP contribution in [0.5, 0.6) is 0 Å². The Hall–Kier alpha value is -2.02. The first kappa shape index (κ1) is 18.8. The molecule has 0 radical (unpaired) electrons. The molecule has 2 N–H and O–H groups in total. The van der Waals surface area contributed by atoms with E-state index in [1.54, 1.807) is 30.0 Å². The highest BCUT2D eigenvalue weighted by Gasteiger charge is 2.23. The van der Waals surface area contributed by atoms with Crippen LogP contribution in [0.4, 0.5) is 5.69 Å². The molecular weight excluding hydrogens is 352 g/mol. The minimum Gasteiger partial charge on any atom is -0.452 e. The summed E-state index contributed by atoms with van der Waals surface area (Å²) in [5.74, 6) is 0.262. The minimum absolute atomic E-state index is 0.0669. The fraction of sp³-hybridized carbons (Fsp3) is 0.526. The van der Waals surface area contributed by atoms with Gasteiger partial charge in [0.25, 0.3) is 5.91 Å². The van der Waals surface area contributed by atoms with Gasteiger partial charge in [0, 0.05) is 23.1 Å².